The fourth-order valence-corrected chi connectivity index (χ4v) is 8.87. The number of hydrazine groups is 1. The van der Waals surface area contributed by atoms with Crippen molar-refractivity contribution in [1.82, 2.24) is 9.99 Å². The molecule has 2 saturated heterocycles. The van der Waals surface area contributed by atoms with Crippen molar-refractivity contribution in [3.63, 3.8) is 0 Å². The number of allylic oxidation sites excluding steroid dienone is 2. The average molecular weight is 762 g/mol. The number of pyridine rings is 1. The van der Waals surface area contributed by atoms with Crippen LogP contribution in [0.1, 0.15) is 43.9 Å². The Morgan fingerprint density at radius 2 is 1.75 bits per heavy atom. The van der Waals surface area contributed by atoms with Crippen LogP contribution in [-0.2, 0) is 25.4 Å². The van der Waals surface area contributed by atoms with Gasteiger partial charge in [-0.15, -0.1) is 0 Å². The van der Waals surface area contributed by atoms with E-state index in [4.69, 9.17) is 27.9 Å². The molecular formula is C36H30Cl2F4N4O6. The number of para-hydroxylation sites is 1. The number of aromatic hydroxyl groups is 1. The highest BCUT2D eigenvalue weighted by Gasteiger charge is 2.68. The van der Waals surface area contributed by atoms with Gasteiger partial charge in [-0.3, -0.25) is 24.2 Å². The topological polar surface area (TPSA) is 120 Å². The monoisotopic (exact) mass is 760 g/mol. The molecular weight excluding hydrogens is 731 g/mol. The third kappa shape index (κ3) is 5.16. The maximum atomic E-state index is 14.6. The highest BCUT2D eigenvalue weighted by atomic mass is 35.5. The molecule has 1 saturated carbocycles. The summed E-state index contributed by atoms with van der Waals surface area (Å²) < 4.78 is 60.6. The minimum absolute atomic E-state index is 0.0117. The number of alkyl halides is 3. The number of nitrogens with zero attached hydrogens (tertiary/aromatic N) is 4. The van der Waals surface area contributed by atoms with Crippen molar-refractivity contribution in [2.45, 2.75) is 38.8 Å². The molecule has 6 unspecified atom stereocenters. The molecule has 52 heavy (non-hydrogen) atoms. The van der Waals surface area contributed by atoms with Crippen LogP contribution in [0.5, 0.6) is 11.5 Å². The van der Waals surface area contributed by atoms with E-state index >= 15 is 0 Å². The largest absolute Gasteiger partial charge is 0.504 e. The van der Waals surface area contributed by atoms with E-state index in [0.717, 1.165) is 33.1 Å². The first-order valence-corrected chi connectivity index (χ1v) is 17.1. The van der Waals surface area contributed by atoms with Gasteiger partial charge in [0.05, 0.1) is 45.5 Å². The van der Waals surface area contributed by atoms with Gasteiger partial charge in [-0.05, 0) is 69.0 Å². The van der Waals surface area contributed by atoms with Crippen molar-refractivity contribution in [2.75, 3.05) is 23.6 Å². The van der Waals surface area contributed by atoms with E-state index in [1.54, 1.807) is 38.1 Å². The van der Waals surface area contributed by atoms with Crippen LogP contribution >= 0.6 is 23.2 Å². The van der Waals surface area contributed by atoms with Gasteiger partial charge in [0.1, 0.15) is 11.5 Å². The summed E-state index contributed by atoms with van der Waals surface area (Å²) in [6.07, 6.45) is -3.15. The lowest BCUT2D eigenvalue weighted by molar-refractivity contribution is -0.141. The summed E-state index contributed by atoms with van der Waals surface area (Å²) in [7, 11) is 1.21. The zero-order chi connectivity index (χ0) is 37.6. The Morgan fingerprint density at radius 3 is 2.42 bits per heavy atom. The number of carbonyl (C=O) groups excluding carboxylic acids is 4. The molecule has 3 heterocycles. The van der Waals surface area contributed by atoms with E-state index in [0.29, 0.717) is 11.6 Å². The van der Waals surface area contributed by atoms with Crippen molar-refractivity contribution < 1.29 is 46.6 Å². The number of benzene rings is 2. The molecule has 1 N–H and O–H groups in total. The molecule has 1 aromatic heterocycles. The minimum Gasteiger partial charge on any atom is -0.504 e. The summed E-state index contributed by atoms with van der Waals surface area (Å²) in [4.78, 5) is 61.9. The highest BCUT2D eigenvalue weighted by Crippen LogP contribution is 2.65. The molecule has 2 aromatic carbocycles. The van der Waals surface area contributed by atoms with Gasteiger partial charge < -0.3 is 9.84 Å². The number of phenolic OH excluding ortho intramolecular Hbond substituents is 1. The minimum atomic E-state index is -4.83. The molecule has 2 aliphatic carbocycles. The van der Waals surface area contributed by atoms with Crippen molar-refractivity contribution >= 4 is 58.3 Å². The van der Waals surface area contributed by atoms with Gasteiger partial charge in [0.2, 0.25) is 11.8 Å². The second kappa shape index (κ2) is 12.5. The number of rotatable bonds is 6. The van der Waals surface area contributed by atoms with E-state index < -0.39 is 82.1 Å². The van der Waals surface area contributed by atoms with Crippen molar-refractivity contribution in [3.05, 3.63) is 87.3 Å². The van der Waals surface area contributed by atoms with Crippen molar-refractivity contribution in [1.29, 1.82) is 0 Å². The quantitative estimate of drug-likeness (QED) is 0.163. The summed E-state index contributed by atoms with van der Waals surface area (Å²) in [5.74, 6) is -9.12. The Morgan fingerprint density at radius 1 is 1.02 bits per heavy atom. The zero-order valence-electron chi connectivity index (χ0n) is 27.7. The lowest BCUT2D eigenvalue weighted by atomic mass is 9.51. The fourth-order valence-electron chi connectivity index (χ4n) is 8.46. The number of amides is 4. The second-order valence-corrected chi connectivity index (χ2v) is 14.2. The first-order chi connectivity index (χ1) is 24.5. The Labute approximate surface area is 304 Å². The molecule has 4 aliphatic rings. The third-order valence-electron chi connectivity index (χ3n) is 10.8. The van der Waals surface area contributed by atoms with Gasteiger partial charge in [0.25, 0.3) is 11.8 Å². The number of hydrogen-bond acceptors (Lipinski definition) is 8. The molecule has 7 rings (SSSR count). The zero-order valence-corrected chi connectivity index (χ0v) is 29.3. The Hall–Kier alpha value is -4.69. The normalized spacial score (nSPS) is 27.0. The smallest absolute Gasteiger partial charge is 0.433 e. The molecule has 3 fully saturated rings. The summed E-state index contributed by atoms with van der Waals surface area (Å²) in [5, 5.41) is 12.6. The van der Waals surface area contributed by atoms with Crippen LogP contribution < -0.4 is 14.6 Å². The summed E-state index contributed by atoms with van der Waals surface area (Å²) in [6, 6.07) is 9.87. The SMILES string of the molecule is CCOc1cccc(C2C3=CCC4C(=O)N(N(C)c5nc(C(F)(F)F)ccc5Cl)C(=O)C4C3CC3C(=O)N(c4ccc(F)c(Cl)c4)C(=O)C32C)c1O. The molecule has 16 heteroatoms. The predicted molar refractivity (Wildman–Crippen MR) is 180 cm³/mol. The van der Waals surface area contributed by atoms with E-state index in [9.17, 15) is 41.8 Å². The van der Waals surface area contributed by atoms with Gasteiger partial charge in [-0.2, -0.15) is 18.2 Å². The third-order valence-corrected chi connectivity index (χ3v) is 11.4. The Kier molecular flexibility index (Phi) is 8.56. The molecule has 4 amide bonds. The van der Waals surface area contributed by atoms with E-state index in [2.05, 4.69) is 4.98 Å². The lowest BCUT2D eigenvalue weighted by Crippen LogP contribution is -2.49. The van der Waals surface area contributed by atoms with Crippen LogP contribution in [0.3, 0.4) is 0 Å². The molecule has 0 spiro atoms. The molecule has 3 aromatic rings. The first kappa shape index (κ1) is 35.7. The van der Waals surface area contributed by atoms with Crippen LogP contribution in [-0.4, -0.2) is 52.4 Å². The predicted octanol–water partition coefficient (Wildman–Crippen LogP) is 6.93. The maximum Gasteiger partial charge on any atom is 0.433 e. The number of anilines is 2. The van der Waals surface area contributed by atoms with Gasteiger partial charge in [0.15, 0.2) is 17.3 Å². The van der Waals surface area contributed by atoms with E-state index in [-0.39, 0.29) is 52.2 Å². The number of aromatic nitrogens is 1. The van der Waals surface area contributed by atoms with Crippen molar-refractivity contribution in [3.8, 4) is 11.5 Å². The number of hydrogen-bond donors (Lipinski definition) is 1. The molecule has 0 bridgehead atoms. The summed E-state index contributed by atoms with van der Waals surface area (Å²) in [6.45, 7) is 3.53. The highest BCUT2D eigenvalue weighted by molar-refractivity contribution is 6.33. The average Bonchev–Trinajstić information content (AvgIpc) is 3.46. The van der Waals surface area contributed by atoms with Crippen LogP contribution in [0.25, 0.3) is 0 Å². The summed E-state index contributed by atoms with van der Waals surface area (Å²) >= 11 is 12.3. The molecule has 2 aliphatic heterocycles. The van der Waals surface area contributed by atoms with Crippen LogP contribution in [0.2, 0.25) is 10.0 Å². The molecule has 6 atom stereocenters. The number of carbonyl (C=O) groups is 4. The van der Waals surface area contributed by atoms with Gasteiger partial charge in [-0.25, -0.2) is 14.3 Å². The molecule has 272 valence electrons. The van der Waals surface area contributed by atoms with Gasteiger partial charge in [-0.1, -0.05) is 47.0 Å². The lowest BCUT2D eigenvalue weighted by Gasteiger charge is -2.49. The van der Waals surface area contributed by atoms with Crippen LogP contribution in [0.4, 0.5) is 29.1 Å². The number of phenols is 1. The standard InChI is InChI=1S/C36H30Cl2F4N4O6/c1-4-52-25-7-5-6-19(29(25)47)28-17-9-10-18-27(33(50)46(31(18)48)44(3)30-22(37)11-13-26(43-30)36(40,41)42)20(17)15-21-32(49)45(34(51)35(21,28)2)16-8-12-24(39)23(38)14-16/h5-9,11-14,18,20-21,27-28,47H,4,10,15H2,1-3H3. The van der Waals surface area contributed by atoms with E-state index in [1.807, 2.05) is 0 Å². The van der Waals surface area contributed by atoms with Crippen LogP contribution in [0, 0.1) is 34.9 Å². The van der Waals surface area contributed by atoms with Gasteiger partial charge >= 0.3 is 6.18 Å². The molecule has 10 nitrogen and oxygen atoms in total. The van der Waals surface area contributed by atoms with E-state index in [1.165, 1.54) is 13.1 Å². The Bertz CT molecular complexity index is 2100. The summed E-state index contributed by atoms with van der Waals surface area (Å²) in [5.41, 5.74) is -2.02. The van der Waals surface area contributed by atoms with Gasteiger partial charge in [0, 0.05) is 18.5 Å². The number of halogens is 6. The van der Waals surface area contributed by atoms with Crippen LogP contribution in [0.15, 0.2) is 60.2 Å². The molecule has 0 radical (unpaired) electrons. The Balaban J connectivity index is 1.35. The number of ether oxygens (including phenoxy) is 1. The van der Waals surface area contributed by atoms with Crippen molar-refractivity contribution in [2.24, 2.45) is 29.1 Å². The second-order valence-electron chi connectivity index (χ2n) is 13.4. The number of fused-ring (bicyclic) bond motifs is 4. The maximum absolute atomic E-state index is 14.6. The number of imide groups is 2. The first-order valence-electron chi connectivity index (χ1n) is 16.4. The fraction of sp³-hybridized carbons (Fsp3) is 0.361.